The lowest BCUT2D eigenvalue weighted by molar-refractivity contribution is 0.417. The first-order valence-corrected chi connectivity index (χ1v) is 5.27. The van der Waals surface area contributed by atoms with E-state index in [1.807, 2.05) is 19.1 Å². The molecular formula is C13H20O. The standard InChI is InChI=1S/C13H20O/c1-5-8-13(3,4)11-7-6-10(2)9-12(11)14/h6-7,9,14H,5,8H2,1-4H3. The molecule has 0 aromatic heterocycles. The van der Waals surface area contributed by atoms with Gasteiger partial charge in [0.25, 0.3) is 0 Å². The van der Waals surface area contributed by atoms with Gasteiger partial charge >= 0.3 is 0 Å². The van der Waals surface area contributed by atoms with E-state index in [0.717, 1.165) is 24.0 Å². The topological polar surface area (TPSA) is 20.2 Å². The van der Waals surface area contributed by atoms with Crippen molar-refractivity contribution in [1.29, 1.82) is 0 Å². The van der Waals surface area contributed by atoms with Gasteiger partial charge in [-0.1, -0.05) is 39.3 Å². The van der Waals surface area contributed by atoms with E-state index in [9.17, 15) is 5.11 Å². The zero-order valence-corrected chi connectivity index (χ0v) is 9.59. The maximum absolute atomic E-state index is 9.85. The van der Waals surface area contributed by atoms with Crippen LogP contribution in [0.1, 0.15) is 44.7 Å². The van der Waals surface area contributed by atoms with Crippen LogP contribution < -0.4 is 0 Å². The summed E-state index contributed by atoms with van der Waals surface area (Å²) in [5.74, 6) is 0.434. The van der Waals surface area contributed by atoms with Crippen LogP contribution in [-0.2, 0) is 5.41 Å². The van der Waals surface area contributed by atoms with Gasteiger partial charge in [-0.25, -0.2) is 0 Å². The Kier molecular flexibility index (Phi) is 3.20. The fourth-order valence-electron chi connectivity index (χ4n) is 1.97. The van der Waals surface area contributed by atoms with E-state index in [4.69, 9.17) is 0 Å². The van der Waals surface area contributed by atoms with Gasteiger partial charge in [-0.3, -0.25) is 0 Å². The molecule has 0 heterocycles. The summed E-state index contributed by atoms with van der Waals surface area (Å²) in [4.78, 5) is 0. The van der Waals surface area contributed by atoms with Crippen molar-refractivity contribution in [3.63, 3.8) is 0 Å². The number of aryl methyl sites for hydroxylation is 1. The molecule has 78 valence electrons. The van der Waals surface area contributed by atoms with Gasteiger partial charge in [-0.15, -0.1) is 0 Å². The van der Waals surface area contributed by atoms with Crippen LogP contribution >= 0.6 is 0 Å². The van der Waals surface area contributed by atoms with Crippen LogP contribution in [0.3, 0.4) is 0 Å². The van der Waals surface area contributed by atoms with E-state index >= 15 is 0 Å². The van der Waals surface area contributed by atoms with Gasteiger partial charge in [-0.05, 0) is 36.0 Å². The monoisotopic (exact) mass is 192 g/mol. The van der Waals surface area contributed by atoms with Gasteiger partial charge in [0.2, 0.25) is 0 Å². The minimum absolute atomic E-state index is 0.0759. The number of phenols is 1. The highest BCUT2D eigenvalue weighted by Crippen LogP contribution is 2.34. The first-order chi connectivity index (χ1) is 6.47. The van der Waals surface area contributed by atoms with Crippen molar-refractivity contribution >= 4 is 0 Å². The molecule has 0 saturated heterocycles. The minimum atomic E-state index is 0.0759. The minimum Gasteiger partial charge on any atom is -0.508 e. The molecule has 0 spiro atoms. The Labute approximate surface area is 86.8 Å². The molecule has 1 heteroatoms. The van der Waals surface area contributed by atoms with Gasteiger partial charge in [0, 0.05) is 0 Å². The maximum atomic E-state index is 9.85. The van der Waals surface area contributed by atoms with E-state index in [-0.39, 0.29) is 5.41 Å². The first-order valence-electron chi connectivity index (χ1n) is 5.27. The average Bonchev–Trinajstić information content (AvgIpc) is 2.02. The van der Waals surface area contributed by atoms with Crippen molar-refractivity contribution in [3.05, 3.63) is 29.3 Å². The largest absolute Gasteiger partial charge is 0.508 e. The summed E-state index contributed by atoms with van der Waals surface area (Å²) in [5, 5.41) is 9.85. The van der Waals surface area contributed by atoms with Crippen LogP contribution in [0.4, 0.5) is 0 Å². The Morgan fingerprint density at radius 1 is 1.29 bits per heavy atom. The molecule has 1 rings (SSSR count). The molecule has 1 nitrogen and oxygen atoms in total. The second-order valence-corrected chi connectivity index (χ2v) is 4.65. The number of hydrogen-bond donors (Lipinski definition) is 1. The molecule has 1 N–H and O–H groups in total. The molecule has 0 radical (unpaired) electrons. The number of phenolic OH excluding ortho intramolecular Hbond substituents is 1. The maximum Gasteiger partial charge on any atom is 0.119 e. The number of aromatic hydroxyl groups is 1. The SMILES string of the molecule is CCCC(C)(C)c1ccc(C)cc1O. The molecule has 0 saturated carbocycles. The third-order valence-electron chi connectivity index (χ3n) is 2.76. The summed E-state index contributed by atoms with van der Waals surface area (Å²) < 4.78 is 0. The first kappa shape index (κ1) is 11.1. The Morgan fingerprint density at radius 3 is 2.43 bits per heavy atom. The van der Waals surface area contributed by atoms with Crippen LogP contribution in [0.2, 0.25) is 0 Å². The predicted octanol–water partition coefficient (Wildman–Crippen LogP) is 3.78. The van der Waals surface area contributed by atoms with Gasteiger partial charge in [-0.2, -0.15) is 0 Å². The average molecular weight is 192 g/mol. The van der Waals surface area contributed by atoms with Crippen molar-refractivity contribution in [2.45, 2.75) is 46.0 Å². The second-order valence-electron chi connectivity index (χ2n) is 4.65. The normalized spacial score (nSPS) is 11.7. The molecule has 0 amide bonds. The molecule has 1 aromatic carbocycles. The Hall–Kier alpha value is -0.980. The summed E-state index contributed by atoms with van der Waals surface area (Å²) in [5.41, 5.74) is 2.25. The van der Waals surface area contributed by atoms with Gasteiger partial charge in [0.05, 0.1) is 0 Å². The molecular weight excluding hydrogens is 172 g/mol. The summed E-state index contributed by atoms with van der Waals surface area (Å²) in [6, 6.07) is 5.94. The van der Waals surface area contributed by atoms with E-state index in [1.54, 1.807) is 0 Å². The van der Waals surface area contributed by atoms with Crippen LogP contribution in [0.25, 0.3) is 0 Å². The summed E-state index contributed by atoms with van der Waals surface area (Å²) in [6.07, 6.45) is 2.24. The summed E-state index contributed by atoms with van der Waals surface area (Å²) in [6.45, 7) is 8.53. The molecule has 0 aliphatic carbocycles. The van der Waals surface area contributed by atoms with E-state index in [0.29, 0.717) is 5.75 Å². The number of hydrogen-bond acceptors (Lipinski definition) is 1. The fraction of sp³-hybridized carbons (Fsp3) is 0.538. The molecule has 0 aliphatic rings. The fourth-order valence-corrected chi connectivity index (χ4v) is 1.97. The molecule has 0 fully saturated rings. The molecule has 1 aromatic rings. The molecule has 0 unspecified atom stereocenters. The molecule has 0 bridgehead atoms. The van der Waals surface area contributed by atoms with Gasteiger partial charge < -0.3 is 5.11 Å². The van der Waals surface area contributed by atoms with Crippen LogP contribution in [0.5, 0.6) is 5.75 Å². The number of rotatable bonds is 3. The summed E-state index contributed by atoms with van der Waals surface area (Å²) in [7, 11) is 0. The van der Waals surface area contributed by atoms with Crippen LogP contribution in [0, 0.1) is 6.92 Å². The quantitative estimate of drug-likeness (QED) is 0.772. The summed E-state index contributed by atoms with van der Waals surface area (Å²) >= 11 is 0. The van der Waals surface area contributed by atoms with Crippen molar-refractivity contribution in [2.24, 2.45) is 0 Å². The van der Waals surface area contributed by atoms with Gasteiger partial charge in [0.15, 0.2) is 0 Å². The predicted molar refractivity (Wildman–Crippen MR) is 60.8 cm³/mol. The Bertz CT molecular complexity index is 313. The van der Waals surface area contributed by atoms with Crippen molar-refractivity contribution in [2.75, 3.05) is 0 Å². The lowest BCUT2D eigenvalue weighted by atomic mass is 9.80. The Balaban J connectivity index is 3.06. The van der Waals surface area contributed by atoms with E-state index in [2.05, 4.69) is 26.8 Å². The smallest absolute Gasteiger partial charge is 0.119 e. The van der Waals surface area contributed by atoms with Crippen molar-refractivity contribution in [1.82, 2.24) is 0 Å². The highest BCUT2D eigenvalue weighted by atomic mass is 16.3. The molecule has 0 aliphatic heterocycles. The van der Waals surface area contributed by atoms with E-state index in [1.165, 1.54) is 0 Å². The van der Waals surface area contributed by atoms with Crippen molar-refractivity contribution < 1.29 is 5.11 Å². The highest BCUT2D eigenvalue weighted by molar-refractivity contribution is 5.40. The van der Waals surface area contributed by atoms with Crippen LogP contribution in [0.15, 0.2) is 18.2 Å². The van der Waals surface area contributed by atoms with Crippen LogP contribution in [-0.4, -0.2) is 5.11 Å². The number of benzene rings is 1. The van der Waals surface area contributed by atoms with Gasteiger partial charge in [0.1, 0.15) is 5.75 Å². The molecule has 0 atom stereocenters. The Morgan fingerprint density at radius 2 is 1.93 bits per heavy atom. The zero-order valence-electron chi connectivity index (χ0n) is 9.59. The second kappa shape index (κ2) is 4.04. The lowest BCUT2D eigenvalue weighted by Gasteiger charge is -2.25. The third-order valence-corrected chi connectivity index (χ3v) is 2.76. The zero-order chi connectivity index (χ0) is 10.8. The van der Waals surface area contributed by atoms with Crippen molar-refractivity contribution in [3.8, 4) is 5.75 Å². The highest BCUT2D eigenvalue weighted by Gasteiger charge is 2.22. The molecule has 14 heavy (non-hydrogen) atoms. The third kappa shape index (κ3) is 2.28. The van der Waals surface area contributed by atoms with E-state index < -0.39 is 0 Å². The lowest BCUT2D eigenvalue weighted by Crippen LogP contribution is -2.16.